The summed E-state index contributed by atoms with van der Waals surface area (Å²) >= 11 is 0. The minimum atomic E-state index is 0. The Kier molecular flexibility index (Phi) is 97.8. The van der Waals surface area contributed by atoms with Crippen molar-refractivity contribution in [3.8, 4) is 0 Å². The molecule has 0 radical (unpaired) electrons. The van der Waals surface area contributed by atoms with Gasteiger partial charge in [0.1, 0.15) is 0 Å². The van der Waals surface area contributed by atoms with Crippen LogP contribution in [0.25, 0.3) is 0 Å². The molecule has 3 heteroatoms. The summed E-state index contributed by atoms with van der Waals surface area (Å²) in [4.78, 5) is 0. The molecule has 0 heterocycles. The fourth-order valence-electron chi connectivity index (χ4n) is 0. The van der Waals surface area contributed by atoms with Gasteiger partial charge in [-0.1, -0.05) is 20.3 Å². The van der Waals surface area contributed by atoms with Crippen molar-refractivity contribution in [2.24, 2.45) is 0 Å². The molecule has 0 aliphatic heterocycles. The van der Waals surface area contributed by atoms with Gasteiger partial charge in [0.25, 0.3) is 0 Å². The van der Waals surface area contributed by atoms with Crippen LogP contribution in [0.5, 0.6) is 0 Å². The Morgan fingerprint density at radius 3 is 1.00 bits per heavy atom. The summed E-state index contributed by atoms with van der Waals surface area (Å²) in [5.74, 6) is 0. The van der Waals surface area contributed by atoms with Gasteiger partial charge in [-0.3, -0.25) is 0 Å². The topological polar surface area (TPSA) is 0 Å². The Hall–Kier alpha value is 2.73. The van der Waals surface area contributed by atoms with E-state index in [1.165, 1.54) is 6.42 Å². The summed E-state index contributed by atoms with van der Waals surface area (Å²) in [7, 11) is 0. The van der Waals surface area contributed by atoms with Crippen LogP contribution in [-0.4, -0.2) is 59.1 Å². The first kappa shape index (κ1) is 23.3. The molecule has 0 fully saturated rings. The quantitative estimate of drug-likeness (QED) is 0.417. The first-order valence-electron chi connectivity index (χ1n) is 1.41. The van der Waals surface area contributed by atoms with Crippen LogP contribution in [-0.2, 0) is 0 Å². The Labute approximate surface area is 101 Å². The molecule has 0 N–H and O–H groups in total. The second-order valence-corrected chi connectivity index (χ2v) is 0.707. The van der Waals surface area contributed by atoms with E-state index in [9.17, 15) is 0 Å². The summed E-state index contributed by atoms with van der Waals surface area (Å²) in [5.41, 5.74) is 0. The molecule has 0 aliphatic carbocycles. The molecule has 0 aliphatic rings. The van der Waals surface area contributed by atoms with E-state index in [4.69, 9.17) is 0 Å². The maximum atomic E-state index is 2.12. The van der Waals surface area contributed by atoms with Crippen LogP contribution < -0.4 is 0 Å². The molecule has 0 aromatic heterocycles. The van der Waals surface area contributed by atoms with E-state index in [0.29, 0.717) is 0 Å². The van der Waals surface area contributed by atoms with Gasteiger partial charge in [0, 0.05) is 0 Å². The molecule has 0 bridgehead atoms. The fraction of sp³-hybridized carbons (Fsp3) is 1.00. The van der Waals surface area contributed by atoms with E-state index in [2.05, 4.69) is 13.8 Å². The average Bonchev–Trinajstić information content (AvgIpc) is 0.918. The first-order chi connectivity index (χ1) is 1.41. The average molecular weight is 220 g/mol. The van der Waals surface area contributed by atoms with Gasteiger partial charge in [0.2, 0.25) is 0 Å². The van der Waals surface area contributed by atoms with Crippen LogP contribution >= 0.6 is 24.0 Å². The summed E-state index contributed by atoms with van der Waals surface area (Å²) in [6, 6.07) is 0. The third kappa shape index (κ3) is 29.6. The van der Waals surface area contributed by atoms with Crippen LogP contribution in [0.3, 0.4) is 0 Å². The van der Waals surface area contributed by atoms with Crippen molar-refractivity contribution in [2.75, 3.05) is 0 Å². The molecule has 0 amide bonds. The molecule has 6 heavy (non-hydrogen) atoms. The SMILES string of the molecule is CCC.I.[NaH].[NaH]. The van der Waals surface area contributed by atoms with Gasteiger partial charge in [-0.05, 0) is 0 Å². The summed E-state index contributed by atoms with van der Waals surface area (Å²) in [6.45, 7) is 4.25. The van der Waals surface area contributed by atoms with E-state index in [0.717, 1.165) is 0 Å². The summed E-state index contributed by atoms with van der Waals surface area (Å²) < 4.78 is 0. The zero-order chi connectivity index (χ0) is 2.71. The predicted octanol–water partition coefficient (Wildman–Crippen LogP) is 0.737. The fourth-order valence-corrected chi connectivity index (χ4v) is 0. The normalized spacial score (nSPS) is 3.00. The molecule has 0 aromatic rings. The van der Waals surface area contributed by atoms with Gasteiger partial charge in [-0.2, -0.15) is 0 Å². The van der Waals surface area contributed by atoms with E-state index in [1.54, 1.807) is 0 Å². The molecule has 0 spiro atoms. The zero-order valence-electron chi connectivity index (χ0n) is 3.12. The van der Waals surface area contributed by atoms with Crippen molar-refractivity contribution in [3.05, 3.63) is 0 Å². The van der Waals surface area contributed by atoms with Crippen LogP contribution in [0.15, 0.2) is 0 Å². The summed E-state index contributed by atoms with van der Waals surface area (Å²) in [6.07, 6.45) is 1.25. The first-order valence-corrected chi connectivity index (χ1v) is 1.41. The third-order valence-electron chi connectivity index (χ3n) is 0. The van der Waals surface area contributed by atoms with E-state index < -0.39 is 0 Å². The van der Waals surface area contributed by atoms with Crippen LogP contribution in [0, 0.1) is 0 Å². The second-order valence-electron chi connectivity index (χ2n) is 0.707. The van der Waals surface area contributed by atoms with Crippen LogP contribution in [0.1, 0.15) is 20.3 Å². The Bertz CT molecular complexity index is 8.75. The zero-order valence-corrected chi connectivity index (χ0v) is 5.45. The van der Waals surface area contributed by atoms with E-state index in [-0.39, 0.29) is 83.1 Å². The van der Waals surface area contributed by atoms with Crippen LogP contribution in [0.2, 0.25) is 0 Å². The molecule has 0 saturated heterocycles. The monoisotopic (exact) mass is 220 g/mol. The van der Waals surface area contributed by atoms with E-state index in [1.807, 2.05) is 0 Å². The third-order valence-corrected chi connectivity index (χ3v) is 0. The molecule has 0 unspecified atom stereocenters. The van der Waals surface area contributed by atoms with Crippen molar-refractivity contribution in [3.63, 3.8) is 0 Å². The standard InChI is InChI=1S/C3H8.HI.2Na.2H/c1-3-2;;;;;/h3H2,1-2H3;1H;;;;. The number of hydrogen-bond donors (Lipinski definition) is 0. The van der Waals surface area contributed by atoms with Crippen molar-refractivity contribution in [1.29, 1.82) is 0 Å². The molecule has 0 saturated carbocycles. The molecule has 32 valence electrons. The molecule has 0 rings (SSSR count). The van der Waals surface area contributed by atoms with Crippen LogP contribution in [0.4, 0.5) is 0 Å². The van der Waals surface area contributed by atoms with Crippen molar-refractivity contribution < 1.29 is 0 Å². The van der Waals surface area contributed by atoms with Gasteiger partial charge in [-0.15, -0.1) is 24.0 Å². The Balaban J connectivity index is -0.00000000667. The van der Waals surface area contributed by atoms with E-state index >= 15 is 0 Å². The van der Waals surface area contributed by atoms with Gasteiger partial charge in [-0.25, -0.2) is 0 Å². The van der Waals surface area contributed by atoms with Crippen molar-refractivity contribution in [1.82, 2.24) is 0 Å². The van der Waals surface area contributed by atoms with Gasteiger partial charge in [0.15, 0.2) is 0 Å². The Morgan fingerprint density at radius 1 is 1.00 bits per heavy atom. The molecule has 0 atom stereocenters. The molecular weight excluding hydrogens is 209 g/mol. The summed E-state index contributed by atoms with van der Waals surface area (Å²) in [5, 5.41) is 0. The maximum absolute atomic E-state index is 2.12. The van der Waals surface area contributed by atoms with Crippen molar-refractivity contribution >= 4 is 83.1 Å². The number of rotatable bonds is 0. The number of hydrogen-bond acceptors (Lipinski definition) is 0. The van der Waals surface area contributed by atoms with Gasteiger partial charge < -0.3 is 0 Å². The molecule has 0 nitrogen and oxygen atoms in total. The predicted molar refractivity (Wildman–Crippen MR) is 45.7 cm³/mol. The van der Waals surface area contributed by atoms with Gasteiger partial charge >= 0.3 is 59.1 Å². The second kappa shape index (κ2) is 25.2. The van der Waals surface area contributed by atoms with Gasteiger partial charge in [0.05, 0.1) is 0 Å². The van der Waals surface area contributed by atoms with Crippen molar-refractivity contribution in [2.45, 2.75) is 20.3 Å². The number of halogens is 1. The molecular formula is C3H11INa2. The minimum absolute atomic E-state index is 0. The molecule has 0 aromatic carbocycles. The Morgan fingerprint density at radius 2 is 1.00 bits per heavy atom.